The van der Waals surface area contributed by atoms with Crippen molar-refractivity contribution in [2.24, 2.45) is 0 Å². The Morgan fingerprint density at radius 3 is 2.67 bits per heavy atom. The number of nitrogens with one attached hydrogen (secondary N) is 1. The minimum atomic E-state index is -1.06. The molecule has 0 aliphatic rings. The summed E-state index contributed by atoms with van der Waals surface area (Å²) in [5.41, 5.74) is -0.142. The molecule has 1 aromatic heterocycles. The highest BCUT2D eigenvalue weighted by Gasteiger charge is 2.24. The van der Waals surface area contributed by atoms with E-state index in [4.69, 9.17) is 0 Å². The topological polar surface area (TPSA) is 49.3 Å². The summed E-state index contributed by atoms with van der Waals surface area (Å²) in [6.07, 6.45) is 0.861. The second kappa shape index (κ2) is 6.83. The third-order valence-corrected chi connectivity index (χ3v) is 4.36. The maximum Gasteiger partial charge on any atom is 0.220 e. The number of thiophene rings is 1. The van der Waals surface area contributed by atoms with Crippen molar-refractivity contribution in [2.75, 3.05) is 6.54 Å². The molecular formula is C16H18FNO2S. The van der Waals surface area contributed by atoms with Gasteiger partial charge in [0.15, 0.2) is 0 Å². The summed E-state index contributed by atoms with van der Waals surface area (Å²) in [4.78, 5) is 12.6. The Labute approximate surface area is 127 Å². The number of carbonyl (C=O) groups excluding carboxylic acids is 1. The van der Waals surface area contributed by atoms with E-state index < -0.39 is 5.60 Å². The first kappa shape index (κ1) is 15.7. The van der Waals surface area contributed by atoms with Crippen molar-refractivity contribution in [3.63, 3.8) is 0 Å². The second-order valence-corrected chi connectivity index (χ2v) is 6.10. The number of aryl methyl sites for hydroxylation is 1. The first-order valence-electron chi connectivity index (χ1n) is 6.75. The average molecular weight is 307 g/mol. The molecule has 0 radical (unpaired) electrons. The zero-order valence-corrected chi connectivity index (χ0v) is 12.6. The molecule has 21 heavy (non-hydrogen) atoms. The van der Waals surface area contributed by atoms with Crippen LogP contribution >= 0.6 is 11.3 Å². The van der Waals surface area contributed by atoms with Crippen LogP contribution in [0.4, 0.5) is 4.39 Å². The van der Waals surface area contributed by atoms with Crippen molar-refractivity contribution >= 4 is 17.2 Å². The van der Waals surface area contributed by atoms with Crippen LogP contribution in [0.1, 0.15) is 23.8 Å². The van der Waals surface area contributed by atoms with Gasteiger partial charge in [0.05, 0.1) is 6.54 Å². The molecule has 0 bridgehead atoms. The smallest absolute Gasteiger partial charge is 0.220 e. The molecule has 1 amide bonds. The van der Waals surface area contributed by atoms with Gasteiger partial charge in [-0.2, -0.15) is 0 Å². The first-order chi connectivity index (χ1) is 9.97. The minimum absolute atomic E-state index is 0.129. The Morgan fingerprint density at radius 1 is 1.33 bits per heavy atom. The molecule has 1 aromatic carbocycles. The summed E-state index contributed by atoms with van der Waals surface area (Å²) >= 11 is 1.46. The third-order valence-electron chi connectivity index (χ3n) is 3.24. The molecule has 1 heterocycles. The molecule has 1 atom stereocenters. The highest BCUT2D eigenvalue weighted by molar-refractivity contribution is 7.10. The molecule has 112 valence electrons. The molecule has 0 saturated carbocycles. The lowest BCUT2D eigenvalue weighted by molar-refractivity contribution is -0.122. The summed E-state index contributed by atoms with van der Waals surface area (Å²) in [5.74, 6) is -0.411. The molecule has 3 nitrogen and oxygen atoms in total. The van der Waals surface area contributed by atoms with Gasteiger partial charge in [0.2, 0.25) is 5.91 Å². The molecule has 1 unspecified atom stereocenters. The lowest BCUT2D eigenvalue weighted by Gasteiger charge is -2.22. The van der Waals surface area contributed by atoms with Crippen LogP contribution in [-0.2, 0) is 16.8 Å². The van der Waals surface area contributed by atoms with Gasteiger partial charge >= 0.3 is 0 Å². The average Bonchev–Trinajstić information content (AvgIpc) is 3.00. The Balaban J connectivity index is 1.78. The number of hydrogen-bond acceptors (Lipinski definition) is 3. The number of hydrogen-bond donors (Lipinski definition) is 2. The molecule has 5 heteroatoms. The van der Waals surface area contributed by atoms with Gasteiger partial charge in [-0.25, -0.2) is 4.39 Å². The van der Waals surface area contributed by atoms with E-state index >= 15 is 0 Å². The molecule has 0 aliphatic carbocycles. The lowest BCUT2D eigenvalue weighted by atomic mass is 10.0. The summed E-state index contributed by atoms with van der Waals surface area (Å²) in [6, 6.07) is 9.82. The van der Waals surface area contributed by atoms with Gasteiger partial charge in [0.1, 0.15) is 11.4 Å². The predicted octanol–water partition coefficient (Wildman–Crippen LogP) is 2.84. The van der Waals surface area contributed by atoms with Crippen molar-refractivity contribution < 1.29 is 14.3 Å². The van der Waals surface area contributed by atoms with Gasteiger partial charge < -0.3 is 10.4 Å². The lowest BCUT2D eigenvalue weighted by Crippen LogP contribution is -2.38. The fourth-order valence-corrected chi connectivity index (χ4v) is 2.73. The normalized spacial score (nSPS) is 13.7. The highest BCUT2D eigenvalue weighted by Crippen LogP contribution is 2.24. The largest absolute Gasteiger partial charge is 0.383 e. The zero-order chi connectivity index (χ0) is 15.3. The number of carbonyl (C=O) groups is 1. The molecule has 0 saturated heterocycles. The SMILES string of the molecule is CC(O)(CNC(=O)CCc1ccc(F)cc1)c1cccs1. The van der Waals surface area contributed by atoms with E-state index in [0.717, 1.165) is 10.4 Å². The maximum absolute atomic E-state index is 12.8. The van der Waals surface area contributed by atoms with Crippen molar-refractivity contribution in [1.82, 2.24) is 5.32 Å². The van der Waals surface area contributed by atoms with Crippen LogP contribution in [-0.4, -0.2) is 17.6 Å². The summed E-state index contributed by atoms with van der Waals surface area (Å²) in [7, 11) is 0. The molecule has 0 aliphatic heterocycles. The molecule has 0 fully saturated rings. The molecule has 0 spiro atoms. The Kier molecular flexibility index (Phi) is 5.09. The second-order valence-electron chi connectivity index (χ2n) is 5.15. The Morgan fingerprint density at radius 2 is 2.05 bits per heavy atom. The summed E-state index contributed by atoms with van der Waals surface area (Å²) < 4.78 is 12.8. The fourth-order valence-electron chi connectivity index (χ4n) is 1.94. The molecule has 2 aromatic rings. The van der Waals surface area contributed by atoms with Crippen molar-refractivity contribution in [3.05, 3.63) is 58.0 Å². The van der Waals surface area contributed by atoms with Crippen LogP contribution in [0.25, 0.3) is 0 Å². The van der Waals surface area contributed by atoms with Gasteiger partial charge in [0.25, 0.3) is 0 Å². The predicted molar refractivity (Wildman–Crippen MR) is 81.6 cm³/mol. The Hall–Kier alpha value is -1.72. The molecular weight excluding hydrogens is 289 g/mol. The third kappa shape index (κ3) is 4.65. The van der Waals surface area contributed by atoms with Crippen LogP contribution in [0, 0.1) is 5.82 Å². The fraction of sp³-hybridized carbons (Fsp3) is 0.312. The van der Waals surface area contributed by atoms with Gasteiger partial charge in [-0.05, 0) is 42.5 Å². The van der Waals surface area contributed by atoms with Crippen LogP contribution in [0.2, 0.25) is 0 Å². The minimum Gasteiger partial charge on any atom is -0.383 e. The van der Waals surface area contributed by atoms with Crippen LogP contribution in [0.3, 0.4) is 0 Å². The van der Waals surface area contributed by atoms with E-state index in [0.29, 0.717) is 12.8 Å². The first-order valence-corrected chi connectivity index (χ1v) is 7.63. The maximum atomic E-state index is 12.8. The monoisotopic (exact) mass is 307 g/mol. The quantitative estimate of drug-likeness (QED) is 0.862. The highest BCUT2D eigenvalue weighted by atomic mass is 32.1. The van der Waals surface area contributed by atoms with Gasteiger partial charge in [-0.15, -0.1) is 11.3 Å². The number of amides is 1. The number of halogens is 1. The molecule has 2 rings (SSSR count). The van der Waals surface area contributed by atoms with Crippen LogP contribution < -0.4 is 5.32 Å². The summed E-state index contributed by atoms with van der Waals surface area (Å²) in [5, 5.41) is 14.9. The summed E-state index contributed by atoms with van der Waals surface area (Å²) in [6.45, 7) is 1.86. The number of rotatable bonds is 6. The van der Waals surface area contributed by atoms with Crippen LogP contribution in [0.15, 0.2) is 41.8 Å². The van der Waals surface area contributed by atoms with E-state index in [1.165, 1.54) is 23.5 Å². The zero-order valence-electron chi connectivity index (χ0n) is 11.8. The Bertz CT molecular complexity index is 579. The van der Waals surface area contributed by atoms with E-state index in [1.807, 2.05) is 17.5 Å². The van der Waals surface area contributed by atoms with Gasteiger partial charge in [-0.3, -0.25) is 4.79 Å². The van der Waals surface area contributed by atoms with E-state index in [2.05, 4.69) is 5.32 Å². The number of benzene rings is 1. The molecule has 2 N–H and O–H groups in total. The van der Waals surface area contributed by atoms with Crippen molar-refractivity contribution in [1.29, 1.82) is 0 Å². The van der Waals surface area contributed by atoms with Crippen molar-refractivity contribution in [2.45, 2.75) is 25.4 Å². The van der Waals surface area contributed by atoms with E-state index in [1.54, 1.807) is 19.1 Å². The number of aliphatic hydroxyl groups is 1. The van der Waals surface area contributed by atoms with E-state index in [9.17, 15) is 14.3 Å². The van der Waals surface area contributed by atoms with Crippen LogP contribution in [0.5, 0.6) is 0 Å². The van der Waals surface area contributed by atoms with Gasteiger partial charge in [-0.1, -0.05) is 18.2 Å². The van der Waals surface area contributed by atoms with Crippen molar-refractivity contribution in [3.8, 4) is 0 Å². The standard InChI is InChI=1S/C16H18FNO2S/c1-16(20,14-3-2-10-21-14)11-18-15(19)9-6-12-4-7-13(17)8-5-12/h2-5,7-8,10,20H,6,9,11H2,1H3,(H,18,19). The van der Waals surface area contributed by atoms with E-state index in [-0.39, 0.29) is 18.3 Å². The van der Waals surface area contributed by atoms with Gasteiger partial charge in [0, 0.05) is 11.3 Å².